The summed E-state index contributed by atoms with van der Waals surface area (Å²) < 4.78 is 2.05. The number of rotatable bonds is 1. The Labute approximate surface area is 109 Å². The van der Waals surface area contributed by atoms with Gasteiger partial charge in [0.2, 0.25) is 0 Å². The van der Waals surface area contributed by atoms with E-state index in [1.54, 1.807) is 6.07 Å². The molecule has 17 heavy (non-hydrogen) atoms. The van der Waals surface area contributed by atoms with Crippen molar-refractivity contribution in [3.63, 3.8) is 0 Å². The van der Waals surface area contributed by atoms with Crippen molar-refractivity contribution in [2.45, 2.75) is 0 Å². The molecular formula is C14H9Cl2N. The van der Waals surface area contributed by atoms with Crippen LogP contribution in [0.25, 0.3) is 16.6 Å². The van der Waals surface area contributed by atoms with Gasteiger partial charge in [0.1, 0.15) is 0 Å². The molecule has 0 atom stereocenters. The van der Waals surface area contributed by atoms with Crippen LogP contribution in [0.1, 0.15) is 0 Å². The minimum Gasteiger partial charge on any atom is -0.315 e. The molecular weight excluding hydrogens is 253 g/mol. The highest BCUT2D eigenvalue weighted by atomic mass is 35.5. The van der Waals surface area contributed by atoms with Crippen molar-refractivity contribution in [1.82, 2.24) is 4.57 Å². The molecule has 1 nitrogen and oxygen atoms in total. The molecule has 0 bridgehead atoms. The summed E-state index contributed by atoms with van der Waals surface area (Å²) in [7, 11) is 0. The first-order chi connectivity index (χ1) is 8.27. The van der Waals surface area contributed by atoms with Gasteiger partial charge in [-0.2, -0.15) is 0 Å². The fraction of sp³-hybridized carbons (Fsp3) is 0. The molecule has 0 saturated heterocycles. The molecule has 1 heterocycles. The lowest BCUT2D eigenvalue weighted by molar-refractivity contribution is 1.13. The average molecular weight is 262 g/mol. The fourth-order valence-electron chi connectivity index (χ4n) is 1.97. The Bertz CT molecular complexity index is 686. The van der Waals surface area contributed by atoms with E-state index in [0.717, 1.165) is 11.2 Å². The zero-order chi connectivity index (χ0) is 11.8. The van der Waals surface area contributed by atoms with Crippen LogP contribution in [-0.2, 0) is 0 Å². The second kappa shape index (κ2) is 4.10. The van der Waals surface area contributed by atoms with Crippen LogP contribution in [0.4, 0.5) is 0 Å². The topological polar surface area (TPSA) is 4.93 Å². The number of benzene rings is 2. The number of aromatic nitrogens is 1. The summed E-state index contributed by atoms with van der Waals surface area (Å²) in [6, 6.07) is 15.9. The monoisotopic (exact) mass is 261 g/mol. The highest BCUT2D eigenvalue weighted by molar-refractivity contribution is 6.43. The third-order valence-electron chi connectivity index (χ3n) is 2.79. The number of halogens is 2. The molecule has 0 radical (unpaired) electrons. The van der Waals surface area contributed by atoms with Crippen molar-refractivity contribution in [1.29, 1.82) is 0 Å². The Hall–Kier alpha value is -1.44. The first-order valence-corrected chi connectivity index (χ1v) is 6.03. The number of fused-ring (bicyclic) bond motifs is 1. The van der Waals surface area contributed by atoms with Gasteiger partial charge in [0.05, 0.1) is 21.2 Å². The molecule has 0 amide bonds. The minimum atomic E-state index is 0.571. The summed E-state index contributed by atoms with van der Waals surface area (Å²) >= 11 is 12.3. The second-order valence-electron chi connectivity index (χ2n) is 3.82. The van der Waals surface area contributed by atoms with Gasteiger partial charge in [-0.25, -0.2) is 0 Å². The summed E-state index contributed by atoms with van der Waals surface area (Å²) in [6.45, 7) is 0. The Morgan fingerprint density at radius 2 is 1.65 bits per heavy atom. The molecule has 0 aliphatic heterocycles. The van der Waals surface area contributed by atoms with E-state index >= 15 is 0 Å². The SMILES string of the molecule is Clc1cccc(-n2ccc3ccccc32)c1Cl. The maximum absolute atomic E-state index is 6.23. The lowest BCUT2D eigenvalue weighted by Crippen LogP contribution is -1.92. The molecule has 0 N–H and O–H groups in total. The lowest BCUT2D eigenvalue weighted by Gasteiger charge is -2.08. The zero-order valence-corrected chi connectivity index (χ0v) is 10.4. The third-order valence-corrected chi connectivity index (χ3v) is 3.60. The van der Waals surface area contributed by atoms with E-state index in [1.165, 1.54) is 5.39 Å². The van der Waals surface area contributed by atoms with E-state index in [1.807, 2.05) is 35.0 Å². The van der Waals surface area contributed by atoms with Gasteiger partial charge in [-0.15, -0.1) is 0 Å². The van der Waals surface area contributed by atoms with E-state index in [-0.39, 0.29) is 0 Å². The van der Waals surface area contributed by atoms with Crippen molar-refractivity contribution in [3.8, 4) is 5.69 Å². The van der Waals surface area contributed by atoms with Crippen molar-refractivity contribution in [3.05, 3.63) is 64.8 Å². The van der Waals surface area contributed by atoms with Gasteiger partial charge in [0.25, 0.3) is 0 Å². The highest BCUT2D eigenvalue weighted by Gasteiger charge is 2.08. The van der Waals surface area contributed by atoms with Crippen LogP contribution in [-0.4, -0.2) is 4.57 Å². The Morgan fingerprint density at radius 3 is 2.53 bits per heavy atom. The predicted octanol–water partition coefficient (Wildman–Crippen LogP) is 4.94. The molecule has 0 aliphatic carbocycles. The average Bonchev–Trinajstić information content (AvgIpc) is 2.77. The molecule has 0 spiro atoms. The Morgan fingerprint density at radius 1 is 0.824 bits per heavy atom. The molecule has 2 aromatic carbocycles. The molecule has 3 heteroatoms. The van der Waals surface area contributed by atoms with Crippen LogP contribution in [0.3, 0.4) is 0 Å². The standard InChI is InChI=1S/C14H9Cl2N/c15-11-5-3-7-13(14(11)16)17-9-8-10-4-1-2-6-12(10)17/h1-9H. The van der Waals surface area contributed by atoms with Crippen molar-refractivity contribution >= 4 is 34.1 Å². The van der Waals surface area contributed by atoms with Gasteiger partial charge in [0, 0.05) is 6.20 Å². The minimum absolute atomic E-state index is 0.571. The second-order valence-corrected chi connectivity index (χ2v) is 4.60. The van der Waals surface area contributed by atoms with Gasteiger partial charge in [-0.3, -0.25) is 0 Å². The largest absolute Gasteiger partial charge is 0.315 e. The molecule has 0 fully saturated rings. The lowest BCUT2D eigenvalue weighted by atomic mass is 10.2. The van der Waals surface area contributed by atoms with E-state index in [2.05, 4.69) is 18.2 Å². The normalized spacial score (nSPS) is 10.9. The first-order valence-electron chi connectivity index (χ1n) is 5.28. The van der Waals surface area contributed by atoms with E-state index < -0.39 is 0 Å². The van der Waals surface area contributed by atoms with E-state index in [0.29, 0.717) is 10.0 Å². The van der Waals surface area contributed by atoms with Crippen LogP contribution in [0.15, 0.2) is 54.7 Å². The molecule has 84 valence electrons. The van der Waals surface area contributed by atoms with E-state index in [9.17, 15) is 0 Å². The zero-order valence-electron chi connectivity index (χ0n) is 8.90. The summed E-state index contributed by atoms with van der Waals surface area (Å²) in [5, 5.41) is 2.33. The molecule has 3 rings (SSSR count). The number of nitrogens with zero attached hydrogens (tertiary/aromatic N) is 1. The first kappa shape index (κ1) is 10.7. The van der Waals surface area contributed by atoms with Crippen LogP contribution in [0.5, 0.6) is 0 Å². The van der Waals surface area contributed by atoms with E-state index in [4.69, 9.17) is 23.2 Å². The van der Waals surface area contributed by atoms with Gasteiger partial charge < -0.3 is 4.57 Å². The third kappa shape index (κ3) is 1.72. The summed E-state index contributed by atoms with van der Waals surface area (Å²) in [4.78, 5) is 0. The Balaban J connectivity index is 2.31. The number of para-hydroxylation sites is 1. The van der Waals surface area contributed by atoms with Gasteiger partial charge in [-0.05, 0) is 29.7 Å². The van der Waals surface area contributed by atoms with Gasteiger partial charge in [0.15, 0.2) is 0 Å². The maximum atomic E-state index is 6.23. The fourth-order valence-corrected chi connectivity index (χ4v) is 2.36. The quantitative estimate of drug-likeness (QED) is 0.585. The van der Waals surface area contributed by atoms with Crippen LogP contribution in [0.2, 0.25) is 10.0 Å². The summed E-state index contributed by atoms with van der Waals surface area (Å²) in [5.41, 5.74) is 2.03. The molecule has 0 aliphatic rings. The van der Waals surface area contributed by atoms with Crippen LogP contribution >= 0.6 is 23.2 Å². The predicted molar refractivity (Wildman–Crippen MR) is 73.3 cm³/mol. The number of hydrogen-bond acceptors (Lipinski definition) is 0. The van der Waals surface area contributed by atoms with Gasteiger partial charge in [-0.1, -0.05) is 47.5 Å². The number of hydrogen-bond donors (Lipinski definition) is 0. The van der Waals surface area contributed by atoms with Crippen molar-refractivity contribution in [2.75, 3.05) is 0 Å². The van der Waals surface area contributed by atoms with Crippen molar-refractivity contribution < 1.29 is 0 Å². The van der Waals surface area contributed by atoms with Crippen LogP contribution in [0, 0.1) is 0 Å². The highest BCUT2D eigenvalue weighted by Crippen LogP contribution is 2.30. The summed E-state index contributed by atoms with van der Waals surface area (Å²) in [6.07, 6.45) is 2.00. The van der Waals surface area contributed by atoms with Gasteiger partial charge >= 0.3 is 0 Å². The Kier molecular flexibility index (Phi) is 2.58. The smallest absolute Gasteiger partial charge is 0.0832 e. The molecule has 0 saturated carbocycles. The maximum Gasteiger partial charge on any atom is 0.0832 e. The summed E-state index contributed by atoms with van der Waals surface area (Å²) in [5.74, 6) is 0. The molecule has 0 unspecified atom stereocenters. The van der Waals surface area contributed by atoms with Crippen LogP contribution < -0.4 is 0 Å². The molecule has 3 aromatic rings. The van der Waals surface area contributed by atoms with Crippen molar-refractivity contribution in [2.24, 2.45) is 0 Å². The molecule has 1 aromatic heterocycles.